The van der Waals surface area contributed by atoms with E-state index in [4.69, 9.17) is 5.73 Å². The molecule has 1 aromatic carbocycles. The van der Waals surface area contributed by atoms with E-state index in [0.717, 1.165) is 23.1 Å². The van der Waals surface area contributed by atoms with E-state index >= 15 is 0 Å². The molecule has 1 aliphatic rings. The van der Waals surface area contributed by atoms with Crippen LogP contribution in [0.15, 0.2) is 33.7 Å². The molecule has 0 saturated carbocycles. The summed E-state index contributed by atoms with van der Waals surface area (Å²) in [5.74, 6) is 0.625. The number of nitrogens with zero attached hydrogens (tertiary/aromatic N) is 2. The van der Waals surface area contributed by atoms with E-state index in [1.165, 1.54) is 0 Å². The molecule has 1 unspecified atom stereocenters. The Bertz CT molecular complexity index is 389. The number of guanidine groups is 1. The maximum absolute atomic E-state index is 5.89. The molecule has 1 aliphatic heterocycles. The molecule has 80 valence electrons. The molecular weight excluding hydrogens is 254 g/mol. The number of nitrogens with two attached hydrogens (primary N) is 1. The van der Waals surface area contributed by atoms with Gasteiger partial charge in [-0.2, -0.15) is 0 Å². The minimum Gasteiger partial charge on any atom is -0.370 e. The molecule has 1 aromatic rings. The summed E-state index contributed by atoms with van der Waals surface area (Å²) in [5, 5.41) is 0. The average molecular weight is 268 g/mol. The number of aliphatic imine (C=N–C) groups is 1. The lowest BCUT2D eigenvalue weighted by Gasteiger charge is -2.25. The maximum Gasteiger partial charge on any atom is 0.196 e. The van der Waals surface area contributed by atoms with Crippen LogP contribution in [0.4, 0.5) is 5.69 Å². The van der Waals surface area contributed by atoms with Crippen LogP contribution in [0.1, 0.15) is 13.3 Å². The van der Waals surface area contributed by atoms with Crippen LogP contribution in [-0.2, 0) is 0 Å². The van der Waals surface area contributed by atoms with E-state index in [1.54, 1.807) is 0 Å². The Morgan fingerprint density at radius 1 is 1.60 bits per heavy atom. The average Bonchev–Trinajstić information content (AvgIpc) is 2.59. The molecule has 1 atom stereocenters. The van der Waals surface area contributed by atoms with Gasteiger partial charge >= 0.3 is 0 Å². The molecule has 2 N–H and O–H groups in total. The monoisotopic (exact) mass is 267 g/mol. The van der Waals surface area contributed by atoms with Gasteiger partial charge in [-0.15, -0.1) is 0 Å². The number of hydrogen-bond acceptors (Lipinski definition) is 3. The van der Waals surface area contributed by atoms with Gasteiger partial charge in [-0.3, -0.25) is 4.99 Å². The summed E-state index contributed by atoms with van der Waals surface area (Å²) in [7, 11) is 0. The SMILES string of the molecule is CCC1CN=C(N)N1c1cccc(Br)c1. The molecule has 15 heavy (non-hydrogen) atoms. The summed E-state index contributed by atoms with van der Waals surface area (Å²) in [6.45, 7) is 2.96. The molecule has 2 rings (SSSR count). The highest BCUT2D eigenvalue weighted by molar-refractivity contribution is 9.10. The van der Waals surface area contributed by atoms with Gasteiger partial charge in [0.25, 0.3) is 0 Å². The Hall–Kier alpha value is -1.03. The smallest absolute Gasteiger partial charge is 0.196 e. The Kier molecular flexibility index (Phi) is 2.95. The van der Waals surface area contributed by atoms with E-state index in [1.807, 2.05) is 12.1 Å². The number of halogens is 1. The lowest BCUT2D eigenvalue weighted by atomic mass is 10.2. The molecule has 0 spiro atoms. The zero-order valence-electron chi connectivity index (χ0n) is 8.65. The third-order valence-electron chi connectivity index (χ3n) is 2.63. The van der Waals surface area contributed by atoms with E-state index < -0.39 is 0 Å². The van der Waals surface area contributed by atoms with E-state index in [-0.39, 0.29) is 0 Å². The van der Waals surface area contributed by atoms with Gasteiger partial charge in [0.05, 0.1) is 12.6 Å². The maximum atomic E-state index is 5.89. The van der Waals surface area contributed by atoms with Crippen molar-refractivity contribution in [2.75, 3.05) is 11.4 Å². The summed E-state index contributed by atoms with van der Waals surface area (Å²) in [6.07, 6.45) is 1.05. The lowest BCUT2D eigenvalue weighted by molar-refractivity contribution is 0.684. The summed E-state index contributed by atoms with van der Waals surface area (Å²) in [4.78, 5) is 6.38. The van der Waals surface area contributed by atoms with Crippen LogP contribution in [0.3, 0.4) is 0 Å². The van der Waals surface area contributed by atoms with Crippen molar-refractivity contribution in [3.05, 3.63) is 28.7 Å². The van der Waals surface area contributed by atoms with Gasteiger partial charge in [0, 0.05) is 10.2 Å². The predicted molar refractivity (Wildman–Crippen MR) is 67.2 cm³/mol. The summed E-state index contributed by atoms with van der Waals surface area (Å²) in [5.41, 5.74) is 6.99. The molecule has 0 amide bonds. The molecule has 0 aliphatic carbocycles. The fourth-order valence-electron chi connectivity index (χ4n) is 1.82. The van der Waals surface area contributed by atoms with Crippen LogP contribution in [0.2, 0.25) is 0 Å². The van der Waals surface area contributed by atoms with Crippen LogP contribution < -0.4 is 10.6 Å². The molecule has 0 aromatic heterocycles. The quantitative estimate of drug-likeness (QED) is 0.894. The van der Waals surface area contributed by atoms with Crippen molar-refractivity contribution in [3.8, 4) is 0 Å². The van der Waals surface area contributed by atoms with Gasteiger partial charge < -0.3 is 10.6 Å². The first-order chi connectivity index (χ1) is 7.22. The number of anilines is 1. The number of benzene rings is 1. The number of rotatable bonds is 2. The van der Waals surface area contributed by atoms with Crippen LogP contribution in [0, 0.1) is 0 Å². The molecule has 1 heterocycles. The van der Waals surface area contributed by atoms with E-state index in [9.17, 15) is 0 Å². The predicted octanol–water partition coefficient (Wildman–Crippen LogP) is 2.36. The molecule has 3 nitrogen and oxygen atoms in total. The topological polar surface area (TPSA) is 41.6 Å². The van der Waals surface area contributed by atoms with Gasteiger partial charge in [-0.05, 0) is 24.6 Å². The highest BCUT2D eigenvalue weighted by Crippen LogP contribution is 2.25. The highest BCUT2D eigenvalue weighted by Gasteiger charge is 2.25. The van der Waals surface area contributed by atoms with Crippen molar-refractivity contribution in [1.29, 1.82) is 0 Å². The van der Waals surface area contributed by atoms with Crippen LogP contribution in [0.5, 0.6) is 0 Å². The molecular formula is C11H14BrN3. The Morgan fingerprint density at radius 2 is 2.40 bits per heavy atom. The lowest BCUT2D eigenvalue weighted by Crippen LogP contribution is -2.40. The van der Waals surface area contributed by atoms with Crippen molar-refractivity contribution < 1.29 is 0 Å². The minimum absolute atomic E-state index is 0.402. The Balaban J connectivity index is 2.32. The second-order valence-corrected chi connectivity index (χ2v) is 4.53. The Labute approximate surface area is 98.1 Å². The van der Waals surface area contributed by atoms with Crippen LogP contribution in [0.25, 0.3) is 0 Å². The standard InChI is InChI=1S/C11H14BrN3/c1-2-9-7-14-11(13)15(9)10-5-3-4-8(12)6-10/h3-6,9H,2,7H2,1H3,(H2,13,14). The van der Waals surface area contributed by atoms with Gasteiger partial charge in [0.2, 0.25) is 0 Å². The van der Waals surface area contributed by atoms with Crippen molar-refractivity contribution in [1.82, 2.24) is 0 Å². The normalized spacial score (nSPS) is 20.5. The largest absolute Gasteiger partial charge is 0.370 e. The minimum atomic E-state index is 0.402. The molecule has 4 heteroatoms. The van der Waals surface area contributed by atoms with Crippen LogP contribution in [-0.4, -0.2) is 18.5 Å². The summed E-state index contributed by atoms with van der Waals surface area (Å²) >= 11 is 3.46. The first kappa shape index (κ1) is 10.5. The first-order valence-corrected chi connectivity index (χ1v) is 5.86. The molecule has 0 fully saturated rings. The molecule has 0 saturated heterocycles. The van der Waals surface area contributed by atoms with Gasteiger partial charge in [-0.25, -0.2) is 0 Å². The van der Waals surface area contributed by atoms with Crippen molar-refractivity contribution in [2.24, 2.45) is 10.7 Å². The van der Waals surface area contributed by atoms with Gasteiger partial charge in [0.15, 0.2) is 5.96 Å². The highest BCUT2D eigenvalue weighted by atomic mass is 79.9. The molecule has 0 radical (unpaired) electrons. The van der Waals surface area contributed by atoms with Crippen molar-refractivity contribution in [3.63, 3.8) is 0 Å². The van der Waals surface area contributed by atoms with E-state index in [0.29, 0.717) is 12.0 Å². The zero-order chi connectivity index (χ0) is 10.8. The third-order valence-corrected chi connectivity index (χ3v) is 3.13. The fraction of sp³-hybridized carbons (Fsp3) is 0.364. The number of hydrogen-bond donors (Lipinski definition) is 1. The first-order valence-electron chi connectivity index (χ1n) is 5.07. The third kappa shape index (κ3) is 2.00. The van der Waals surface area contributed by atoms with E-state index in [2.05, 4.69) is 44.9 Å². The summed E-state index contributed by atoms with van der Waals surface area (Å²) in [6, 6.07) is 8.54. The summed E-state index contributed by atoms with van der Waals surface area (Å²) < 4.78 is 1.06. The molecule has 0 bridgehead atoms. The van der Waals surface area contributed by atoms with Gasteiger partial charge in [-0.1, -0.05) is 28.9 Å². The second kappa shape index (κ2) is 4.23. The zero-order valence-corrected chi connectivity index (χ0v) is 10.2. The Morgan fingerprint density at radius 3 is 3.07 bits per heavy atom. The van der Waals surface area contributed by atoms with Crippen LogP contribution >= 0.6 is 15.9 Å². The fourth-order valence-corrected chi connectivity index (χ4v) is 2.21. The van der Waals surface area contributed by atoms with Crippen molar-refractivity contribution in [2.45, 2.75) is 19.4 Å². The van der Waals surface area contributed by atoms with Crippen molar-refractivity contribution >= 4 is 27.6 Å². The second-order valence-electron chi connectivity index (χ2n) is 3.61. The van der Waals surface area contributed by atoms with Gasteiger partial charge in [0.1, 0.15) is 0 Å².